The van der Waals surface area contributed by atoms with Crippen molar-refractivity contribution >= 4 is 40.5 Å². The SMILES string of the molecule is COc1ccc(CSc2nnc(SC)s2)cc1N. The number of hydrogen-bond acceptors (Lipinski definition) is 7. The van der Waals surface area contributed by atoms with Crippen LogP contribution in [0.2, 0.25) is 0 Å². The molecule has 0 aliphatic heterocycles. The molecular weight excluding hydrogens is 286 g/mol. The van der Waals surface area contributed by atoms with Crippen molar-refractivity contribution in [3.63, 3.8) is 0 Å². The van der Waals surface area contributed by atoms with Crippen LogP contribution < -0.4 is 10.5 Å². The van der Waals surface area contributed by atoms with Crippen LogP contribution >= 0.6 is 34.9 Å². The lowest BCUT2D eigenvalue weighted by atomic mass is 10.2. The highest BCUT2D eigenvalue weighted by molar-refractivity contribution is 8.02. The Morgan fingerprint density at radius 2 is 2.11 bits per heavy atom. The molecule has 18 heavy (non-hydrogen) atoms. The Balaban J connectivity index is 1.99. The van der Waals surface area contributed by atoms with Gasteiger partial charge in [0.15, 0.2) is 8.68 Å². The summed E-state index contributed by atoms with van der Waals surface area (Å²) in [6.07, 6.45) is 2.00. The maximum atomic E-state index is 5.86. The minimum atomic E-state index is 0.665. The van der Waals surface area contributed by atoms with E-state index >= 15 is 0 Å². The van der Waals surface area contributed by atoms with E-state index < -0.39 is 0 Å². The number of nitrogens with two attached hydrogens (primary N) is 1. The van der Waals surface area contributed by atoms with Crippen molar-refractivity contribution in [1.29, 1.82) is 0 Å². The lowest BCUT2D eigenvalue weighted by Crippen LogP contribution is -1.93. The molecule has 2 N–H and O–H groups in total. The fraction of sp³-hybridized carbons (Fsp3) is 0.273. The normalized spacial score (nSPS) is 10.6. The number of benzene rings is 1. The standard InChI is InChI=1S/C11H13N3OS3/c1-15-9-4-3-7(5-8(9)12)6-17-11-14-13-10(16-2)18-11/h3-5H,6,12H2,1-2H3. The van der Waals surface area contributed by atoms with Crippen LogP contribution in [0.3, 0.4) is 0 Å². The van der Waals surface area contributed by atoms with Gasteiger partial charge in [0.05, 0.1) is 12.8 Å². The molecule has 0 saturated carbocycles. The van der Waals surface area contributed by atoms with Gasteiger partial charge in [0.1, 0.15) is 5.75 Å². The number of nitrogens with zero attached hydrogens (tertiary/aromatic N) is 2. The fourth-order valence-electron chi connectivity index (χ4n) is 1.36. The summed E-state index contributed by atoms with van der Waals surface area (Å²) in [5, 5.41) is 8.17. The maximum Gasteiger partial charge on any atom is 0.175 e. The van der Waals surface area contributed by atoms with Gasteiger partial charge >= 0.3 is 0 Å². The molecule has 0 saturated heterocycles. The summed E-state index contributed by atoms with van der Waals surface area (Å²) in [5.41, 5.74) is 7.68. The van der Waals surface area contributed by atoms with Crippen molar-refractivity contribution in [1.82, 2.24) is 10.2 Å². The Bertz CT molecular complexity index is 530. The van der Waals surface area contributed by atoms with Gasteiger partial charge in [-0.1, -0.05) is 40.9 Å². The molecule has 96 valence electrons. The van der Waals surface area contributed by atoms with Crippen molar-refractivity contribution < 1.29 is 4.74 Å². The molecule has 0 fully saturated rings. The predicted molar refractivity (Wildman–Crippen MR) is 78.7 cm³/mol. The number of aromatic nitrogens is 2. The van der Waals surface area contributed by atoms with E-state index in [9.17, 15) is 0 Å². The molecule has 0 aliphatic carbocycles. The predicted octanol–water partition coefficient (Wildman–Crippen LogP) is 3.14. The van der Waals surface area contributed by atoms with Crippen molar-refractivity contribution in [3.8, 4) is 5.75 Å². The summed E-state index contributed by atoms with van der Waals surface area (Å²) in [6, 6.07) is 5.83. The third-order valence-corrected chi connectivity index (χ3v) is 5.32. The summed E-state index contributed by atoms with van der Waals surface area (Å²) < 4.78 is 7.10. The van der Waals surface area contributed by atoms with E-state index in [1.165, 1.54) is 0 Å². The highest BCUT2D eigenvalue weighted by atomic mass is 32.2. The molecule has 0 bridgehead atoms. The molecule has 0 unspecified atom stereocenters. The van der Waals surface area contributed by atoms with Crippen LogP contribution in [-0.4, -0.2) is 23.6 Å². The van der Waals surface area contributed by atoms with Gasteiger partial charge in [-0.05, 0) is 24.0 Å². The summed E-state index contributed by atoms with van der Waals surface area (Å²) >= 11 is 4.89. The summed E-state index contributed by atoms with van der Waals surface area (Å²) in [5.74, 6) is 1.54. The molecule has 0 aliphatic rings. The van der Waals surface area contributed by atoms with Crippen molar-refractivity contribution in [2.24, 2.45) is 0 Å². The van der Waals surface area contributed by atoms with Crippen molar-refractivity contribution in [3.05, 3.63) is 23.8 Å². The molecule has 0 radical (unpaired) electrons. The topological polar surface area (TPSA) is 61.0 Å². The molecule has 1 heterocycles. The second-order valence-electron chi connectivity index (χ2n) is 3.40. The fourth-order valence-corrected chi connectivity index (χ4v) is 3.74. The van der Waals surface area contributed by atoms with E-state index in [2.05, 4.69) is 10.2 Å². The zero-order chi connectivity index (χ0) is 13.0. The highest BCUT2D eigenvalue weighted by Crippen LogP contribution is 2.31. The van der Waals surface area contributed by atoms with Crippen LogP contribution in [0.15, 0.2) is 26.9 Å². The Kier molecular flexibility index (Phi) is 4.73. The van der Waals surface area contributed by atoms with E-state index in [0.717, 1.165) is 20.0 Å². The van der Waals surface area contributed by atoms with E-state index in [0.29, 0.717) is 11.4 Å². The second kappa shape index (κ2) is 6.31. The number of hydrogen-bond donors (Lipinski definition) is 1. The number of rotatable bonds is 5. The number of anilines is 1. The minimum Gasteiger partial charge on any atom is -0.495 e. The molecular formula is C11H13N3OS3. The van der Waals surface area contributed by atoms with Gasteiger partial charge in [0.25, 0.3) is 0 Å². The molecule has 0 spiro atoms. The molecule has 1 aromatic carbocycles. The molecule has 4 nitrogen and oxygen atoms in total. The van der Waals surface area contributed by atoms with Crippen molar-refractivity contribution in [2.45, 2.75) is 14.4 Å². The Labute approximate surface area is 118 Å². The molecule has 2 rings (SSSR count). The average molecular weight is 299 g/mol. The van der Waals surface area contributed by atoms with Gasteiger partial charge < -0.3 is 10.5 Å². The average Bonchev–Trinajstić information content (AvgIpc) is 2.84. The lowest BCUT2D eigenvalue weighted by Gasteiger charge is -2.06. The second-order valence-corrected chi connectivity index (χ2v) is 6.66. The first-order chi connectivity index (χ1) is 8.72. The van der Waals surface area contributed by atoms with Gasteiger partial charge in [0, 0.05) is 5.75 Å². The number of nitrogen functional groups attached to an aromatic ring is 1. The number of ether oxygens (including phenoxy) is 1. The molecule has 7 heteroatoms. The van der Waals surface area contributed by atoms with E-state index in [-0.39, 0.29) is 0 Å². The first kappa shape index (κ1) is 13.5. The first-order valence-electron chi connectivity index (χ1n) is 5.15. The van der Waals surface area contributed by atoms with Crippen LogP contribution in [0.1, 0.15) is 5.56 Å². The van der Waals surface area contributed by atoms with Crippen LogP contribution in [-0.2, 0) is 5.75 Å². The first-order valence-corrected chi connectivity index (χ1v) is 8.18. The minimum absolute atomic E-state index is 0.665. The van der Waals surface area contributed by atoms with Gasteiger partial charge in [-0.2, -0.15) is 0 Å². The Morgan fingerprint density at radius 1 is 1.33 bits per heavy atom. The summed E-state index contributed by atoms with van der Waals surface area (Å²) in [7, 11) is 1.62. The van der Waals surface area contributed by atoms with Crippen molar-refractivity contribution in [2.75, 3.05) is 19.1 Å². The third kappa shape index (κ3) is 3.30. The summed E-state index contributed by atoms with van der Waals surface area (Å²) in [6.45, 7) is 0. The van der Waals surface area contributed by atoms with Gasteiger partial charge in [-0.25, -0.2) is 0 Å². The zero-order valence-electron chi connectivity index (χ0n) is 10.0. The highest BCUT2D eigenvalue weighted by Gasteiger charge is 2.05. The number of methoxy groups -OCH3 is 1. The Morgan fingerprint density at radius 3 is 2.72 bits per heavy atom. The van der Waals surface area contributed by atoms with E-state index in [4.69, 9.17) is 10.5 Å². The number of thioether (sulfide) groups is 2. The van der Waals surface area contributed by atoms with Gasteiger partial charge in [-0.3, -0.25) is 0 Å². The largest absolute Gasteiger partial charge is 0.495 e. The molecule has 0 amide bonds. The molecule has 1 aromatic heterocycles. The van der Waals surface area contributed by atoms with E-state index in [1.807, 2.05) is 24.5 Å². The Hall–Kier alpha value is -0.920. The van der Waals surface area contributed by atoms with E-state index in [1.54, 1.807) is 42.0 Å². The van der Waals surface area contributed by atoms with Crippen LogP contribution in [0.25, 0.3) is 0 Å². The lowest BCUT2D eigenvalue weighted by molar-refractivity contribution is 0.417. The van der Waals surface area contributed by atoms with Crippen LogP contribution in [0.4, 0.5) is 5.69 Å². The monoisotopic (exact) mass is 299 g/mol. The van der Waals surface area contributed by atoms with Crippen LogP contribution in [0.5, 0.6) is 5.75 Å². The van der Waals surface area contributed by atoms with Gasteiger partial charge in [0.2, 0.25) is 0 Å². The quantitative estimate of drug-likeness (QED) is 0.676. The van der Waals surface area contributed by atoms with Crippen LogP contribution in [0, 0.1) is 0 Å². The molecule has 0 atom stereocenters. The smallest absolute Gasteiger partial charge is 0.175 e. The maximum absolute atomic E-state index is 5.86. The summed E-state index contributed by atoms with van der Waals surface area (Å²) in [4.78, 5) is 0. The molecule has 2 aromatic rings. The zero-order valence-corrected chi connectivity index (χ0v) is 12.5. The van der Waals surface area contributed by atoms with Gasteiger partial charge in [-0.15, -0.1) is 10.2 Å². The third-order valence-electron chi connectivity index (χ3n) is 2.22.